The number of aromatic nitrogens is 4. The summed E-state index contributed by atoms with van der Waals surface area (Å²) in [6, 6.07) is 7.84. The Morgan fingerprint density at radius 2 is 2.15 bits per heavy atom. The maximum Gasteiger partial charge on any atom is 0.223 e. The average molecular weight is 365 g/mol. The summed E-state index contributed by atoms with van der Waals surface area (Å²) >= 11 is 0. The van der Waals surface area contributed by atoms with Gasteiger partial charge in [0.15, 0.2) is 5.82 Å². The first-order valence-corrected chi connectivity index (χ1v) is 9.35. The van der Waals surface area contributed by atoms with E-state index in [4.69, 9.17) is 0 Å². The molecule has 2 aromatic heterocycles. The van der Waals surface area contributed by atoms with Gasteiger partial charge in [0, 0.05) is 51.3 Å². The van der Waals surface area contributed by atoms with E-state index in [0.29, 0.717) is 31.8 Å². The molecule has 3 heterocycles. The van der Waals surface area contributed by atoms with E-state index < -0.39 is 0 Å². The van der Waals surface area contributed by atoms with E-state index in [0.717, 1.165) is 29.7 Å². The Kier molecular flexibility index (Phi) is 4.75. The normalized spacial score (nSPS) is 17.4. The monoisotopic (exact) mass is 365 g/mol. The van der Waals surface area contributed by atoms with E-state index in [9.17, 15) is 9.59 Å². The molecule has 0 spiro atoms. The molecule has 140 valence electrons. The Morgan fingerprint density at radius 1 is 1.30 bits per heavy atom. The lowest BCUT2D eigenvalue weighted by Crippen LogP contribution is -2.42. The quantitative estimate of drug-likeness (QED) is 0.704. The van der Waals surface area contributed by atoms with Crippen molar-refractivity contribution >= 4 is 22.7 Å². The Bertz CT molecular complexity index is 941. The van der Waals surface area contributed by atoms with Crippen molar-refractivity contribution in [2.75, 3.05) is 13.1 Å². The Labute approximate surface area is 157 Å². The van der Waals surface area contributed by atoms with Crippen molar-refractivity contribution in [1.29, 1.82) is 0 Å². The lowest BCUT2D eigenvalue weighted by Gasteiger charge is -2.32. The molecule has 7 heteroatoms. The number of para-hydroxylation sites is 2. The largest absolute Gasteiger partial charge is 0.342 e. The van der Waals surface area contributed by atoms with Gasteiger partial charge >= 0.3 is 0 Å². The number of H-pyrrole nitrogens is 1. The van der Waals surface area contributed by atoms with E-state index >= 15 is 0 Å². The third-order valence-corrected chi connectivity index (χ3v) is 5.20. The van der Waals surface area contributed by atoms with Gasteiger partial charge in [-0.15, -0.1) is 0 Å². The van der Waals surface area contributed by atoms with E-state index in [1.807, 2.05) is 36.2 Å². The van der Waals surface area contributed by atoms with Gasteiger partial charge in [-0.1, -0.05) is 12.1 Å². The van der Waals surface area contributed by atoms with Crippen LogP contribution in [0.2, 0.25) is 0 Å². The molecule has 4 rings (SSSR count). The highest BCUT2D eigenvalue weighted by molar-refractivity contribution is 5.95. The number of nitrogens with zero attached hydrogens (tertiary/aromatic N) is 4. The number of ketones is 1. The van der Waals surface area contributed by atoms with Crippen LogP contribution in [0.1, 0.15) is 35.7 Å². The van der Waals surface area contributed by atoms with Gasteiger partial charge in [-0.2, -0.15) is 0 Å². The lowest BCUT2D eigenvalue weighted by molar-refractivity contribution is -0.132. The van der Waals surface area contributed by atoms with Gasteiger partial charge in [0.05, 0.1) is 11.0 Å². The Balaban J connectivity index is 1.37. The first-order valence-electron chi connectivity index (χ1n) is 9.35. The standard InChI is InChI=1S/C20H23N5O2/c1-24-12-10-21-20(24)19(27)14-5-4-11-25(13-14)18(26)9-8-17-22-15-6-2-3-7-16(15)23-17/h2-3,6-7,10,12,14H,4-5,8-9,11,13H2,1H3,(H,22,23)/t14-/m0/s1. The minimum Gasteiger partial charge on any atom is -0.342 e. The van der Waals surface area contributed by atoms with Crippen LogP contribution in [0.3, 0.4) is 0 Å². The van der Waals surface area contributed by atoms with Crippen molar-refractivity contribution in [3.05, 3.63) is 48.3 Å². The maximum absolute atomic E-state index is 12.7. The minimum absolute atomic E-state index is 0.0253. The fourth-order valence-corrected chi connectivity index (χ4v) is 3.71. The van der Waals surface area contributed by atoms with Gasteiger partial charge in [-0.3, -0.25) is 9.59 Å². The van der Waals surface area contributed by atoms with Crippen molar-refractivity contribution in [3.8, 4) is 0 Å². The van der Waals surface area contributed by atoms with Crippen LogP contribution in [-0.2, 0) is 18.3 Å². The average Bonchev–Trinajstić information content (AvgIpc) is 3.31. The second kappa shape index (κ2) is 7.34. The highest BCUT2D eigenvalue weighted by atomic mass is 16.2. The van der Waals surface area contributed by atoms with Crippen molar-refractivity contribution in [3.63, 3.8) is 0 Å². The molecular weight excluding hydrogens is 342 g/mol. The fraction of sp³-hybridized carbons (Fsp3) is 0.400. The number of hydrogen-bond donors (Lipinski definition) is 1. The molecule has 1 N–H and O–H groups in total. The number of likely N-dealkylation sites (tertiary alicyclic amines) is 1. The molecule has 1 aliphatic heterocycles. The summed E-state index contributed by atoms with van der Waals surface area (Å²) in [4.78, 5) is 39.1. The van der Waals surface area contributed by atoms with Gasteiger partial charge in [0.1, 0.15) is 5.82 Å². The summed E-state index contributed by atoms with van der Waals surface area (Å²) in [7, 11) is 1.82. The number of nitrogens with one attached hydrogen (secondary N) is 1. The molecule has 0 aliphatic carbocycles. The summed E-state index contributed by atoms with van der Waals surface area (Å²) in [6.45, 7) is 1.19. The van der Waals surface area contributed by atoms with Gasteiger partial charge in [0.25, 0.3) is 0 Å². The number of amides is 1. The van der Waals surface area contributed by atoms with Crippen molar-refractivity contribution in [2.24, 2.45) is 13.0 Å². The van der Waals surface area contributed by atoms with Crippen LogP contribution in [0.5, 0.6) is 0 Å². The van der Waals surface area contributed by atoms with Gasteiger partial charge < -0.3 is 14.5 Å². The van der Waals surface area contributed by atoms with Crippen LogP contribution in [0.4, 0.5) is 0 Å². The predicted molar refractivity (Wildman–Crippen MR) is 101 cm³/mol. The van der Waals surface area contributed by atoms with Gasteiger partial charge in [0.2, 0.25) is 11.7 Å². The number of aryl methyl sites for hydroxylation is 2. The second-order valence-electron chi connectivity index (χ2n) is 7.11. The molecule has 1 saturated heterocycles. The highest BCUT2D eigenvalue weighted by Gasteiger charge is 2.30. The van der Waals surface area contributed by atoms with Gasteiger partial charge in [-0.05, 0) is 25.0 Å². The molecule has 27 heavy (non-hydrogen) atoms. The van der Waals surface area contributed by atoms with Crippen LogP contribution in [0.15, 0.2) is 36.7 Å². The third-order valence-electron chi connectivity index (χ3n) is 5.20. The van der Waals surface area contributed by atoms with Crippen molar-refractivity contribution in [2.45, 2.75) is 25.7 Å². The van der Waals surface area contributed by atoms with Gasteiger partial charge in [-0.25, -0.2) is 9.97 Å². The number of fused-ring (bicyclic) bond motifs is 1. The molecule has 1 fully saturated rings. The zero-order chi connectivity index (χ0) is 18.8. The first kappa shape index (κ1) is 17.5. The second-order valence-corrected chi connectivity index (χ2v) is 7.11. The number of carbonyl (C=O) groups excluding carboxylic acids is 2. The van der Waals surface area contributed by atoms with E-state index in [1.165, 1.54) is 0 Å². The molecule has 0 radical (unpaired) electrons. The van der Waals surface area contributed by atoms with Crippen molar-refractivity contribution in [1.82, 2.24) is 24.4 Å². The zero-order valence-electron chi connectivity index (χ0n) is 15.4. The van der Waals surface area contributed by atoms with Crippen LogP contribution in [0, 0.1) is 5.92 Å². The molecule has 0 bridgehead atoms. The zero-order valence-corrected chi connectivity index (χ0v) is 15.4. The van der Waals surface area contributed by atoms with Crippen LogP contribution in [0.25, 0.3) is 11.0 Å². The molecule has 1 atom stereocenters. The molecule has 1 amide bonds. The van der Waals surface area contributed by atoms with Crippen LogP contribution < -0.4 is 0 Å². The summed E-state index contributed by atoms with van der Waals surface area (Å²) < 4.78 is 1.74. The molecule has 1 aliphatic rings. The van der Waals surface area contributed by atoms with E-state index in [2.05, 4.69) is 15.0 Å². The molecular formula is C20H23N5O2. The summed E-state index contributed by atoms with van der Waals surface area (Å²) in [5.41, 5.74) is 1.90. The number of aromatic amines is 1. The maximum atomic E-state index is 12.7. The summed E-state index contributed by atoms with van der Waals surface area (Å²) in [6.07, 6.45) is 6.01. The number of Topliss-reactive ketones (excluding diaryl/α,β-unsaturated/α-hetero) is 1. The molecule has 0 unspecified atom stereocenters. The fourth-order valence-electron chi connectivity index (χ4n) is 3.71. The number of piperidine rings is 1. The number of carbonyl (C=O) groups is 2. The SMILES string of the molecule is Cn1ccnc1C(=O)[C@H]1CCCN(C(=O)CCc2nc3ccccc3[nH]2)C1. The summed E-state index contributed by atoms with van der Waals surface area (Å²) in [5.74, 6) is 1.22. The lowest BCUT2D eigenvalue weighted by atomic mass is 9.93. The summed E-state index contributed by atoms with van der Waals surface area (Å²) in [5, 5.41) is 0. The van der Waals surface area contributed by atoms with E-state index in [-0.39, 0.29) is 17.6 Å². The molecule has 3 aromatic rings. The minimum atomic E-state index is -0.171. The number of hydrogen-bond acceptors (Lipinski definition) is 4. The number of benzene rings is 1. The third kappa shape index (κ3) is 3.63. The predicted octanol–water partition coefficient (Wildman–Crippen LogP) is 2.35. The van der Waals surface area contributed by atoms with E-state index in [1.54, 1.807) is 17.0 Å². The number of imidazole rings is 2. The highest BCUT2D eigenvalue weighted by Crippen LogP contribution is 2.21. The topological polar surface area (TPSA) is 83.9 Å². The van der Waals surface area contributed by atoms with Crippen LogP contribution in [-0.4, -0.2) is 49.2 Å². The molecule has 0 saturated carbocycles. The molecule has 7 nitrogen and oxygen atoms in total. The Hall–Kier alpha value is -2.96. The smallest absolute Gasteiger partial charge is 0.223 e. The molecule has 1 aromatic carbocycles. The van der Waals surface area contributed by atoms with Crippen molar-refractivity contribution < 1.29 is 9.59 Å². The Morgan fingerprint density at radius 3 is 2.93 bits per heavy atom. The first-order chi connectivity index (χ1) is 13.1. The number of rotatable bonds is 5. The van der Waals surface area contributed by atoms with Crippen LogP contribution >= 0.6 is 0 Å².